The highest BCUT2D eigenvalue weighted by atomic mass is 19.3. The molecule has 8 heteroatoms. The van der Waals surface area contributed by atoms with E-state index in [1.54, 1.807) is 20.3 Å². The van der Waals surface area contributed by atoms with E-state index >= 15 is 0 Å². The fraction of sp³-hybridized carbons (Fsp3) is 0.192. The number of amides is 1. The van der Waals surface area contributed by atoms with Crippen molar-refractivity contribution in [2.45, 2.75) is 12.5 Å². The first-order valence-electron chi connectivity index (χ1n) is 10.6. The summed E-state index contributed by atoms with van der Waals surface area (Å²) in [6, 6.07) is 19.2. The molecule has 0 aliphatic carbocycles. The Morgan fingerprint density at radius 3 is 2.53 bits per heavy atom. The molecule has 1 aromatic heterocycles. The molecule has 0 saturated heterocycles. The van der Waals surface area contributed by atoms with E-state index < -0.39 is 12.5 Å². The third-order valence-corrected chi connectivity index (χ3v) is 5.59. The molecule has 1 heterocycles. The van der Waals surface area contributed by atoms with Gasteiger partial charge in [-0.1, -0.05) is 36.4 Å². The number of aromatic amines is 1. The molecule has 1 amide bonds. The van der Waals surface area contributed by atoms with Crippen molar-refractivity contribution in [3.63, 3.8) is 0 Å². The van der Waals surface area contributed by atoms with Gasteiger partial charge in [-0.25, -0.2) is 0 Å². The van der Waals surface area contributed by atoms with E-state index in [4.69, 9.17) is 9.47 Å². The predicted molar refractivity (Wildman–Crippen MR) is 125 cm³/mol. The largest absolute Gasteiger partial charge is 0.493 e. The Balaban J connectivity index is 1.68. The zero-order valence-electron chi connectivity index (χ0n) is 18.7. The lowest BCUT2D eigenvalue weighted by atomic mass is 9.89. The van der Waals surface area contributed by atoms with Crippen LogP contribution in [0.25, 0.3) is 10.9 Å². The van der Waals surface area contributed by atoms with E-state index in [9.17, 15) is 13.6 Å². The number of ether oxygens (including phenoxy) is 3. The van der Waals surface area contributed by atoms with E-state index in [2.05, 4.69) is 15.0 Å². The van der Waals surface area contributed by atoms with Gasteiger partial charge in [0.15, 0.2) is 11.5 Å². The smallest absolute Gasteiger partial charge is 0.387 e. The number of hydrogen-bond donors (Lipinski definition) is 2. The molecule has 3 aromatic carbocycles. The molecule has 0 spiro atoms. The summed E-state index contributed by atoms with van der Waals surface area (Å²) in [6.07, 6.45) is 1.91. The fourth-order valence-electron chi connectivity index (χ4n) is 4.07. The number of hydrogen-bond acceptors (Lipinski definition) is 4. The van der Waals surface area contributed by atoms with E-state index in [1.807, 2.05) is 48.7 Å². The maximum atomic E-state index is 12.9. The first-order chi connectivity index (χ1) is 16.5. The molecule has 4 aromatic rings. The zero-order valence-corrected chi connectivity index (χ0v) is 18.7. The van der Waals surface area contributed by atoms with E-state index in [-0.39, 0.29) is 23.8 Å². The lowest BCUT2D eigenvalue weighted by molar-refractivity contribution is -0.0498. The number of carbonyl (C=O) groups is 1. The second-order valence-electron chi connectivity index (χ2n) is 7.54. The number of rotatable bonds is 9. The van der Waals surface area contributed by atoms with E-state index in [0.717, 1.165) is 22.0 Å². The van der Waals surface area contributed by atoms with E-state index in [1.165, 1.54) is 18.2 Å². The summed E-state index contributed by atoms with van der Waals surface area (Å²) in [5.41, 5.74) is 2.99. The Hall–Kier alpha value is -4.07. The SMILES string of the molecule is COc1cccc(C(CNC(=O)c2cccc(OC(F)F)c2)c2c[nH]c3ccccc23)c1OC. The van der Waals surface area contributed by atoms with Gasteiger partial charge >= 0.3 is 6.61 Å². The highest BCUT2D eigenvalue weighted by Crippen LogP contribution is 2.40. The molecular formula is C26H24F2N2O4. The number of H-pyrrole nitrogens is 1. The molecule has 0 radical (unpaired) electrons. The highest BCUT2D eigenvalue weighted by molar-refractivity contribution is 5.94. The third kappa shape index (κ3) is 4.80. The number of aromatic nitrogens is 1. The summed E-state index contributed by atoms with van der Waals surface area (Å²) >= 11 is 0. The maximum Gasteiger partial charge on any atom is 0.387 e. The average Bonchev–Trinajstić information content (AvgIpc) is 3.27. The molecule has 1 unspecified atom stereocenters. The highest BCUT2D eigenvalue weighted by Gasteiger charge is 2.24. The average molecular weight is 466 g/mol. The number of fused-ring (bicyclic) bond motifs is 1. The second kappa shape index (κ2) is 10.2. The first kappa shape index (κ1) is 23.1. The van der Waals surface area contributed by atoms with Crippen LogP contribution in [-0.2, 0) is 0 Å². The fourth-order valence-corrected chi connectivity index (χ4v) is 4.07. The Morgan fingerprint density at radius 1 is 0.971 bits per heavy atom. The molecule has 4 rings (SSSR count). The summed E-state index contributed by atoms with van der Waals surface area (Å²) in [5, 5.41) is 3.94. The number of halogens is 2. The summed E-state index contributed by atoms with van der Waals surface area (Å²) < 4.78 is 40.7. The van der Waals surface area contributed by atoms with Gasteiger partial charge in [-0.3, -0.25) is 4.79 Å². The molecule has 176 valence electrons. The lowest BCUT2D eigenvalue weighted by Gasteiger charge is -2.22. The second-order valence-corrected chi connectivity index (χ2v) is 7.54. The van der Waals surface area contributed by atoms with Crippen molar-refractivity contribution in [3.8, 4) is 17.2 Å². The van der Waals surface area contributed by atoms with Crippen LogP contribution in [0.5, 0.6) is 17.2 Å². The topological polar surface area (TPSA) is 72.6 Å². The van der Waals surface area contributed by atoms with Crippen LogP contribution < -0.4 is 19.5 Å². The van der Waals surface area contributed by atoms with Crippen molar-refractivity contribution in [1.29, 1.82) is 0 Å². The van der Waals surface area contributed by atoms with Crippen molar-refractivity contribution in [2.75, 3.05) is 20.8 Å². The van der Waals surface area contributed by atoms with Crippen molar-refractivity contribution in [1.82, 2.24) is 10.3 Å². The van der Waals surface area contributed by atoms with Gasteiger partial charge in [0.1, 0.15) is 5.75 Å². The van der Waals surface area contributed by atoms with Crippen LogP contribution in [0.3, 0.4) is 0 Å². The summed E-state index contributed by atoms with van der Waals surface area (Å²) in [6.45, 7) is -2.74. The number of methoxy groups -OCH3 is 2. The third-order valence-electron chi connectivity index (χ3n) is 5.59. The molecule has 0 fully saturated rings. The molecule has 1 atom stereocenters. The standard InChI is InChI=1S/C26H24F2N2O4/c1-32-23-12-6-10-19(24(23)33-2)21(20-14-29-22-11-4-3-9-18(20)22)15-30-25(31)16-7-5-8-17(13-16)34-26(27)28/h3-14,21,26,29H,15H2,1-2H3,(H,30,31). The van der Waals surface area contributed by atoms with Gasteiger partial charge in [0.05, 0.1) is 14.2 Å². The molecule has 0 bridgehead atoms. The van der Waals surface area contributed by atoms with Crippen LogP contribution >= 0.6 is 0 Å². The van der Waals surface area contributed by atoms with Crippen LogP contribution in [0.4, 0.5) is 8.78 Å². The maximum absolute atomic E-state index is 12.9. The number of para-hydroxylation sites is 2. The van der Waals surface area contributed by atoms with Gasteiger partial charge in [0.25, 0.3) is 5.91 Å². The number of benzene rings is 3. The minimum atomic E-state index is -2.97. The number of nitrogens with one attached hydrogen (secondary N) is 2. The Morgan fingerprint density at radius 2 is 1.76 bits per heavy atom. The first-order valence-corrected chi connectivity index (χ1v) is 10.6. The summed E-state index contributed by atoms with van der Waals surface area (Å²) in [7, 11) is 3.14. The Kier molecular flexibility index (Phi) is 6.96. The van der Waals surface area contributed by atoms with Crippen molar-refractivity contribution in [3.05, 3.63) is 89.6 Å². The monoisotopic (exact) mass is 466 g/mol. The van der Waals surface area contributed by atoms with Crippen LogP contribution in [-0.4, -0.2) is 38.3 Å². The van der Waals surface area contributed by atoms with Gasteiger partial charge < -0.3 is 24.5 Å². The zero-order chi connectivity index (χ0) is 24.1. The predicted octanol–water partition coefficient (Wildman–Crippen LogP) is 5.35. The molecule has 34 heavy (non-hydrogen) atoms. The molecule has 0 saturated carbocycles. The van der Waals surface area contributed by atoms with Gasteiger partial charge in [-0.2, -0.15) is 8.78 Å². The quantitative estimate of drug-likeness (QED) is 0.349. The van der Waals surface area contributed by atoms with Gasteiger partial charge in [-0.15, -0.1) is 0 Å². The molecule has 6 nitrogen and oxygen atoms in total. The van der Waals surface area contributed by atoms with Crippen LogP contribution in [0.1, 0.15) is 27.4 Å². The molecule has 0 aliphatic rings. The summed E-state index contributed by atoms with van der Waals surface area (Å²) in [5.74, 6) is 0.372. The lowest BCUT2D eigenvalue weighted by Crippen LogP contribution is -2.29. The minimum Gasteiger partial charge on any atom is -0.493 e. The van der Waals surface area contributed by atoms with Crippen LogP contribution in [0.2, 0.25) is 0 Å². The van der Waals surface area contributed by atoms with Gasteiger partial charge in [0.2, 0.25) is 0 Å². The number of carbonyl (C=O) groups excluding carboxylic acids is 1. The van der Waals surface area contributed by atoms with Crippen LogP contribution in [0, 0.1) is 0 Å². The molecule has 2 N–H and O–H groups in total. The van der Waals surface area contributed by atoms with Crippen molar-refractivity contribution in [2.24, 2.45) is 0 Å². The van der Waals surface area contributed by atoms with Gasteiger partial charge in [0, 0.05) is 40.7 Å². The van der Waals surface area contributed by atoms with E-state index in [0.29, 0.717) is 11.5 Å². The number of alkyl halides is 2. The minimum absolute atomic E-state index is 0.0784. The van der Waals surface area contributed by atoms with Crippen molar-refractivity contribution >= 4 is 16.8 Å². The van der Waals surface area contributed by atoms with Crippen molar-refractivity contribution < 1.29 is 27.8 Å². The normalized spacial score (nSPS) is 11.9. The Bertz CT molecular complexity index is 1290. The molecular weight excluding hydrogens is 442 g/mol. The summed E-state index contributed by atoms with van der Waals surface area (Å²) in [4.78, 5) is 16.2. The Labute approximate surface area is 195 Å². The van der Waals surface area contributed by atoms with Gasteiger partial charge in [-0.05, 0) is 35.9 Å². The van der Waals surface area contributed by atoms with Crippen LogP contribution in [0.15, 0.2) is 72.9 Å². The molecule has 0 aliphatic heterocycles.